The maximum absolute atomic E-state index is 10.0. The van der Waals surface area contributed by atoms with Gasteiger partial charge in [-0.15, -0.1) is 0 Å². The molecule has 0 bridgehead atoms. The van der Waals surface area contributed by atoms with Crippen molar-refractivity contribution in [3.05, 3.63) is 33.8 Å². The van der Waals surface area contributed by atoms with Crippen LogP contribution in [0.1, 0.15) is 12.5 Å². The molecule has 0 saturated heterocycles. The first-order valence-electron chi connectivity index (χ1n) is 4.82. The molecule has 18 heavy (non-hydrogen) atoms. The predicted molar refractivity (Wildman–Crippen MR) is 75.2 cm³/mol. The van der Waals surface area contributed by atoms with Crippen LogP contribution >= 0.6 is 46.4 Å². The summed E-state index contributed by atoms with van der Waals surface area (Å²) >= 11 is 21.1. The monoisotopic (exact) mass is 329 g/mol. The first kappa shape index (κ1) is 17.7. The van der Waals surface area contributed by atoms with Crippen molar-refractivity contribution in [2.45, 2.75) is 13.5 Å². The zero-order chi connectivity index (χ0) is 14.3. The van der Waals surface area contributed by atoms with Crippen LogP contribution in [0.25, 0.3) is 0 Å². The Labute approximate surface area is 125 Å². The van der Waals surface area contributed by atoms with Gasteiger partial charge in [0.15, 0.2) is 0 Å². The Morgan fingerprint density at radius 1 is 1.17 bits per heavy atom. The highest BCUT2D eigenvalue weighted by molar-refractivity contribution is 6.73. The van der Waals surface area contributed by atoms with E-state index in [0.717, 1.165) is 5.56 Å². The summed E-state index contributed by atoms with van der Waals surface area (Å²) in [6, 6.07) is 5.37. The number of halogens is 4. The zero-order valence-electron chi connectivity index (χ0n) is 9.42. The molecule has 1 aromatic carbocycles. The van der Waals surface area contributed by atoms with Crippen molar-refractivity contribution in [2.75, 3.05) is 0 Å². The second-order valence-corrected chi connectivity index (χ2v) is 4.84. The van der Waals surface area contributed by atoms with Crippen LogP contribution in [-0.4, -0.2) is 10.5 Å². The van der Waals surface area contributed by atoms with Crippen LogP contribution in [0.2, 0.25) is 10.0 Å². The van der Waals surface area contributed by atoms with Crippen molar-refractivity contribution in [1.82, 2.24) is 0 Å². The van der Waals surface area contributed by atoms with E-state index in [1.54, 1.807) is 12.1 Å². The fraction of sp³-hybridized carbons (Fsp3) is 0.273. The highest BCUT2D eigenvalue weighted by Gasteiger charge is 2.15. The van der Waals surface area contributed by atoms with Crippen LogP contribution in [0.15, 0.2) is 18.2 Å². The highest BCUT2D eigenvalue weighted by Crippen LogP contribution is 2.22. The summed E-state index contributed by atoms with van der Waals surface area (Å²) < 4.78 is 0. The van der Waals surface area contributed by atoms with Gasteiger partial charge in [0, 0.05) is 6.54 Å². The Morgan fingerprint density at radius 2 is 1.67 bits per heavy atom. The summed E-state index contributed by atoms with van der Waals surface area (Å²) in [6.45, 7) is 1.85. The number of benzene rings is 1. The van der Waals surface area contributed by atoms with Gasteiger partial charge in [-0.25, -0.2) is 0 Å². The molecule has 0 saturated carbocycles. The van der Waals surface area contributed by atoms with Gasteiger partial charge < -0.3 is 5.73 Å². The number of rotatable bonds is 3. The molecule has 1 aromatic rings. The van der Waals surface area contributed by atoms with Crippen molar-refractivity contribution in [2.24, 2.45) is 11.7 Å². The molecule has 100 valence electrons. The van der Waals surface area contributed by atoms with Gasteiger partial charge in [0.05, 0.1) is 10.0 Å². The summed E-state index contributed by atoms with van der Waals surface area (Å²) in [7, 11) is 0. The van der Waals surface area contributed by atoms with Crippen molar-refractivity contribution in [3.8, 4) is 0 Å². The molecule has 0 radical (unpaired) electrons. The fourth-order valence-electron chi connectivity index (χ4n) is 0.756. The molecular formula is C11H11Cl4NO2. The van der Waals surface area contributed by atoms with Gasteiger partial charge in [-0.3, -0.25) is 9.59 Å². The normalized spacial score (nSPS) is 9.72. The minimum absolute atomic E-state index is 0.497. The number of nitrogens with two attached hydrogens (primary N) is 1. The lowest BCUT2D eigenvalue weighted by Crippen LogP contribution is -2.10. The highest BCUT2D eigenvalue weighted by atomic mass is 35.5. The molecule has 3 nitrogen and oxygen atoms in total. The molecule has 0 aliphatic rings. The lowest BCUT2D eigenvalue weighted by Gasteiger charge is -1.97. The summed E-state index contributed by atoms with van der Waals surface area (Å²) in [5.74, 6) is -0.877. The van der Waals surface area contributed by atoms with Crippen molar-refractivity contribution < 1.29 is 9.59 Å². The molecule has 1 rings (SSSR count). The summed E-state index contributed by atoms with van der Waals surface area (Å²) in [6.07, 6.45) is 0. The van der Waals surface area contributed by atoms with E-state index in [2.05, 4.69) is 0 Å². The third-order valence-corrected chi connectivity index (χ3v) is 3.29. The second kappa shape index (κ2) is 8.73. The van der Waals surface area contributed by atoms with Gasteiger partial charge in [-0.1, -0.05) is 29.3 Å². The third-order valence-electron chi connectivity index (χ3n) is 1.90. The standard InChI is InChI=1S/C7H7Cl2N.C4H4Cl2O2/c8-6-2-1-5(4-10)3-7(6)9;1-2(3(5)7)4(6)8/h1-3H,4,10H2;2H,1H3. The summed E-state index contributed by atoms with van der Waals surface area (Å²) in [5, 5.41) is -0.307. The Balaban J connectivity index is 0.000000331. The van der Waals surface area contributed by atoms with E-state index in [1.165, 1.54) is 6.92 Å². The lowest BCUT2D eigenvalue weighted by molar-refractivity contribution is -0.123. The molecule has 0 aliphatic heterocycles. The van der Waals surface area contributed by atoms with Crippen LogP contribution < -0.4 is 5.73 Å². The predicted octanol–water partition coefficient (Wildman–Crippen LogP) is 3.61. The van der Waals surface area contributed by atoms with E-state index in [-0.39, 0.29) is 0 Å². The molecule has 0 aromatic heterocycles. The Morgan fingerprint density at radius 3 is 1.94 bits per heavy atom. The topological polar surface area (TPSA) is 60.2 Å². The number of carbonyl (C=O) groups excluding carboxylic acids is 2. The fourth-order valence-corrected chi connectivity index (χ4v) is 1.33. The van der Waals surface area contributed by atoms with Gasteiger partial charge in [-0.2, -0.15) is 0 Å². The van der Waals surface area contributed by atoms with Gasteiger partial charge >= 0.3 is 0 Å². The van der Waals surface area contributed by atoms with Crippen LogP contribution in [0.5, 0.6) is 0 Å². The average Bonchev–Trinajstić information content (AvgIpc) is 2.32. The molecule has 7 heteroatoms. The minimum Gasteiger partial charge on any atom is -0.326 e. The molecule has 0 amide bonds. The first-order valence-corrected chi connectivity index (χ1v) is 6.33. The Bertz CT molecular complexity index is 423. The van der Waals surface area contributed by atoms with Gasteiger partial charge in [0.2, 0.25) is 10.5 Å². The van der Waals surface area contributed by atoms with E-state index >= 15 is 0 Å². The van der Waals surface area contributed by atoms with Gasteiger partial charge in [0.25, 0.3) is 0 Å². The molecule has 2 N–H and O–H groups in total. The molecular weight excluding hydrogens is 320 g/mol. The SMILES string of the molecule is CC(C(=O)Cl)C(=O)Cl.NCc1ccc(Cl)c(Cl)c1. The van der Waals surface area contributed by atoms with Crippen LogP contribution in [-0.2, 0) is 16.1 Å². The Hall–Kier alpha value is -0.320. The number of hydrogen-bond acceptors (Lipinski definition) is 3. The summed E-state index contributed by atoms with van der Waals surface area (Å²) in [4.78, 5) is 20.1. The molecule has 0 spiro atoms. The maximum Gasteiger partial charge on any atom is 0.233 e. The lowest BCUT2D eigenvalue weighted by atomic mass is 10.2. The third kappa shape index (κ3) is 6.57. The van der Waals surface area contributed by atoms with Crippen molar-refractivity contribution in [1.29, 1.82) is 0 Å². The quantitative estimate of drug-likeness (QED) is 0.680. The van der Waals surface area contributed by atoms with Crippen LogP contribution in [0.3, 0.4) is 0 Å². The average molecular weight is 331 g/mol. The smallest absolute Gasteiger partial charge is 0.233 e. The second-order valence-electron chi connectivity index (χ2n) is 3.28. The van der Waals surface area contributed by atoms with Crippen LogP contribution in [0.4, 0.5) is 0 Å². The van der Waals surface area contributed by atoms with Gasteiger partial charge in [-0.05, 0) is 47.8 Å². The summed E-state index contributed by atoms with van der Waals surface area (Å²) in [5.41, 5.74) is 6.36. The van der Waals surface area contributed by atoms with E-state index < -0.39 is 16.4 Å². The Kier molecular flexibility index (Phi) is 8.57. The van der Waals surface area contributed by atoms with E-state index in [9.17, 15) is 9.59 Å². The number of carbonyl (C=O) groups is 2. The maximum atomic E-state index is 10.0. The van der Waals surface area contributed by atoms with Crippen LogP contribution in [0, 0.1) is 5.92 Å². The van der Waals surface area contributed by atoms with E-state index in [4.69, 9.17) is 52.1 Å². The van der Waals surface area contributed by atoms with E-state index in [1.807, 2.05) is 6.07 Å². The zero-order valence-corrected chi connectivity index (χ0v) is 12.4. The van der Waals surface area contributed by atoms with Gasteiger partial charge in [0.1, 0.15) is 5.92 Å². The largest absolute Gasteiger partial charge is 0.326 e. The molecule has 0 atom stereocenters. The molecule has 0 fully saturated rings. The van der Waals surface area contributed by atoms with E-state index in [0.29, 0.717) is 16.6 Å². The molecule has 0 unspecified atom stereocenters. The minimum atomic E-state index is -0.877. The molecule has 0 heterocycles. The van der Waals surface area contributed by atoms with Crippen molar-refractivity contribution >= 4 is 56.9 Å². The van der Waals surface area contributed by atoms with Crippen molar-refractivity contribution in [3.63, 3.8) is 0 Å². The number of hydrogen-bond donors (Lipinski definition) is 1. The molecule has 0 aliphatic carbocycles. The first-order chi connectivity index (χ1) is 8.29.